The Hall–Kier alpha value is -0.930. The highest BCUT2D eigenvalue weighted by Crippen LogP contribution is 2.18. The number of hydrogen-bond donors (Lipinski definition) is 1. The molecule has 0 saturated heterocycles. The third-order valence-electron chi connectivity index (χ3n) is 3.15. The van der Waals surface area contributed by atoms with Gasteiger partial charge in [-0.25, -0.2) is 4.39 Å². The van der Waals surface area contributed by atoms with Crippen LogP contribution in [0.3, 0.4) is 0 Å². The van der Waals surface area contributed by atoms with Crippen LogP contribution in [0, 0.1) is 12.7 Å². The van der Waals surface area contributed by atoms with Gasteiger partial charge in [0.05, 0.1) is 0 Å². The van der Waals surface area contributed by atoms with Crippen molar-refractivity contribution in [2.75, 3.05) is 20.1 Å². The van der Waals surface area contributed by atoms with Gasteiger partial charge in [0.15, 0.2) is 0 Å². The molecule has 0 spiro atoms. The molecule has 2 nitrogen and oxygen atoms in total. The van der Waals surface area contributed by atoms with E-state index in [1.807, 2.05) is 26.1 Å². The molecule has 0 amide bonds. The number of rotatable bonds is 6. The van der Waals surface area contributed by atoms with Crippen LogP contribution in [0.25, 0.3) is 0 Å². The third-order valence-corrected chi connectivity index (χ3v) is 3.15. The molecule has 1 aliphatic rings. The fourth-order valence-corrected chi connectivity index (χ4v) is 1.90. The molecule has 1 fully saturated rings. The number of nitrogens with zero attached hydrogens (tertiary/aromatic N) is 1. The van der Waals surface area contributed by atoms with E-state index in [2.05, 4.69) is 10.2 Å². The minimum absolute atomic E-state index is 0.0907. The second-order valence-corrected chi connectivity index (χ2v) is 5.06. The number of halogens is 1. The highest BCUT2D eigenvalue weighted by molar-refractivity contribution is 5.23. The zero-order chi connectivity index (χ0) is 12.3. The van der Waals surface area contributed by atoms with Gasteiger partial charge in [0.1, 0.15) is 5.82 Å². The highest BCUT2D eigenvalue weighted by Gasteiger charge is 2.19. The summed E-state index contributed by atoms with van der Waals surface area (Å²) in [4.78, 5) is 2.16. The molecular weight excluding hydrogens is 215 g/mol. The molecule has 0 aliphatic heterocycles. The van der Waals surface area contributed by atoms with E-state index >= 15 is 0 Å². The van der Waals surface area contributed by atoms with Gasteiger partial charge in [-0.1, -0.05) is 12.1 Å². The lowest BCUT2D eigenvalue weighted by Crippen LogP contribution is -2.30. The Balaban J connectivity index is 1.77. The molecule has 1 aromatic carbocycles. The van der Waals surface area contributed by atoms with E-state index in [1.165, 1.54) is 12.8 Å². The fourth-order valence-electron chi connectivity index (χ4n) is 1.90. The van der Waals surface area contributed by atoms with E-state index in [9.17, 15) is 4.39 Å². The number of aryl methyl sites for hydroxylation is 1. The molecule has 0 radical (unpaired) electrons. The van der Waals surface area contributed by atoms with Crippen molar-refractivity contribution in [3.8, 4) is 0 Å². The van der Waals surface area contributed by atoms with Crippen molar-refractivity contribution in [3.05, 3.63) is 35.1 Å². The van der Waals surface area contributed by atoms with Crippen molar-refractivity contribution >= 4 is 0 Å². The molecule has 1 aromatic rings. The highest BCUT2D eigenvalue weighted by atomic mass is 19.1. The average molecular weight is 236 g/mol. The first-order valence-electron chi connectivity index (χ1n) is 6.32. The molecule has 3 heteroatoms. The predicted molar refractivity (Wildman–Crippen MR) is 68.5 cm³/mol. The van der Waals surface area contributed by atoms with Crippen molar-refractivity contribution < 1.29 is 4.39 Å². The van der Waals surface area contributed by atoms with Crippen molar-refractivity contribution in [3.63, 3.8) is 0 Å². The molecule has 2 rings (SSSR count). The quantitative estimate of drug-likeness (QED) is 0.815. The summed E-state index contributed by atoms with van der Waals surface area (Å²) in [5.41, 5.74) is 1.76. The van der Waals surface area contributed by atoms with Crippen LogP contribution in [-0.4, -0.2) is 31.1 Å². The Bertz CT molecular complexity index is 374. The van der Waals surface area contributed by atoms with Crippen LogP contribution in [0.2, 0.25) is 0 Å². The van der Waals surface area contributed by atoms with Gasteiger partial charge >= 0.3 is 0 Å². The smallest absolute Gasteiger partial charge is 0.127 e. The summed E-state index contributed by atoms with van der Waals surface area (Å²) in [6.45, 7) is 4.55. The molecular formula is C14H21FN2. The minimum atomic E-state index is -0.0907. The Morgan fingerprint density at radius 2 is 2.18 bits per heavy atom. The summed E-state index contributed by atoms with van der Waals surface area (Å²) < 4.78 is 13.6. The first kappa shape index (κ1) is 12.5. The van der Waals surface area contributed by atoms with E-state index in [0.717, 1.165) is 30.3 Å². The lowest BCUT2D eigenvalue weighted by molar-refractivity contribution is 0.318. The van der Waals surface area contributed by atoms with Crippen molar-refractivity contribution in [1.29, 1.82) is 0 Å². The number of likely N-dealkylation sites (N-methyl/N-ethyl adjacent to an activating group) is 1. The monoisotopic (exact) mass is 236 g/mol. The summed E-state index contributed by atoms with van der Waals surface area (Å²) >= 11 is 0. The lowest BCUT2D eigenvalue weighted by Gasteiger charge is -2.17. The van der Waals surface area contributed by atoms with E-state index in [4.69, 9.17) is 0 Å². The third kappa shape index (κ3) is 4.10. The standard InChI is InChI=1S/C14H21FN2/c1-11-3-4-12(14(15)9-11)10-17(2)8-7-16-13-5-6-13/h3-4,9,13,16H,5-8,10H2,1-2H3. The zero-order valence-electron chi connectivity index (χ0n) is 10.7. The summed E-state index contributed by atoms with van der Waals surface area (Å²) in [7, 11) is 2.04. The maximum atomic E-state index is 13.6. The number of benzene rings is 1. The van der Waals surface area contributed by atoms with Gasteiger partial charge < -0.3 is 10.2 Å². The zero-order valence-corrected chi connectivity index (χ0v) is 10.7. The van der Waals surface area contributed by atoms with Crippen LogP contribution in [0.15, 0.2) is 18.2 Å². The summed E-state index contributed by atoms with van der Waals surface area (Å²) in [5, 5.41) is 3.46. The fraction of sp³-hybridized carbons (Fsp3) is 0.571. The van der Waals surface area contributed by atoms with Crippen LogP contribution < -0.4 is 5.32 Å². The molecule has 0 unspecified atom stereocenters. The van der Waals surface area contributed by atoms with Gasteiger partial charge in [0.2, 0.25) is 0 Å². The SMILES string of the molecule is Cc1ccc(CN(C)CCNC2CC2)c(F)c1. The lowest BCUT2D eigenvalue weighted by atomic mass is 10.1. The van der Waals surface area contributed by atoms with Gasteiger partial charge in [-0.15, -0.1) is 0 Å². The van der Waals surface area contributed by atoms with Crippen LogP contribution in [-0.2, 0) is 6.54 Å². The molecule has 0 atom stereocenters. The van der Waals surface area contributed by atoms with Crippen molar-refractivity contribution in [2.45, 2.75) is 32.4 Å². The molecule has 1 N–H and O–H groups in total. The summed E-state index contributed by atoms with van der Waals surface area (Å²) in [5.74, 6) is -0.0907. The van der Waals surface area contributed by atoms with Gasteiger partial charge in [-0.2, -0.15) is 0 Å². The summed E-state index contributed by atoms with van der Waals surface area (Å²) in [6.07, 6.45) is 2.63. The number of nitrogens with one attached hydrogen (secondary N) is 1. The maximum Gasteiger partial charge on any atom is 0.127 e. The first-order valence-corrected chi connectivity index (χ1v) is 6.32. The number of hydrogen-bond acceptors (Lipinski definition) is 2. The molecule has 17 heavy (non-hydrogen) atoms. The Labute approximate surface area is 103 Å². The maximum absolute atomic E-state index is 13.6. The van der Waals surface area contributed by atoms with Gasteiger partial charge in [-0.05, 0) is 38.4 Å². The van der Waals surface area contributed by atoms with Crippen LogP contribution in [0.1, 0.15) is 24.0 Å². The summed E-state index contributed by atoms with van der Waals surface area (Å²) in [6, 6.07) is 6.20. The van der Waals surface area contributed by atoms with Gasteiger partial charge in [-0.3, -0.25) is 0 Å². The molecule has 0 aromatic heterocycles. The first-order chi connectivity index (χ1) is 8.15. The largest absolute Gasteiger partial charge is 0.313 e. The second kappa shape index (κ2) is 5.61. The normalized spacial score (nSPS) is 15.5. The van der Waals surface area contributed by atoms with Crippen molar-refractivity contribution in [1.82, 2.24) is 10.2 Å². The van der Waals surface area contributed by atoms with E-state index in [1.54, 1.807) is 6.07 Å². The van der Waals surface area contributed by atoms with Gasteiger partial charge in [0.25, 0.3) is 0 Å². The minimum Gasteiger partial charge on any atom is -0.313 e. The Morgan fingerprint density at radius 3 is 2.82 bits per heavy atom. The molecule has 0 bridgehead atoms. The Morgan fingerprint density at radius 1 is 1.41 bits per heavy atom. The van der Waals surface area contributed by atoms with Crippen LogP contribution in [0.4, 0.5) is 4.39 Å². The molecule has 1 aliphatic carbocycles. The molecule has 94 valence electrons. The van der Waals surface area contributed by atoms with Gasteiger partial charge in [0, 0.05) is 31.2 Å². The van der Waals surface area contributed by atoms with Crippen LogP contribution >= 0.6 is 0 Å². The Kier molecular flexibility index (Phi) is 4.13. The topological polar surface area (TPSA) is 15.3 Å². The average Bonchev–Trinajstić information content (AvgIpc) is 3.06. The predicted octanol–water partition coefficient (Wildman–Crippen LogP) is 2.32. The van der Waals surface area contributed by atoms with E-state index in [0.29, 0.717) is 6.54 Å². The van der Waals surface area contributed by atoms with E-state index < -0.39 is 0 Å². The molecule has 0 heterocycles. The van der Waals surface area contributed by atoms with Crippen LogP contribution in [0.5, 0.6) is 0 Å². The molecule has 1 saturated carbocycles. The van der Waals surface area contributed by atoms with E-state index in [-0.39, 0.29) is 5.82 Å². The second-order valence-electron chi connectivity index (χ2n) is 5.06. The van der Waals surface area contributed by atoms with Crippen molar-refractivity contribution in [2.24, 2.45) is 0 Å².